The number of benzene rings is 2. The number of carbonyl (C=O) groups is 2. The SMILES string of the molecule is CCc1c(C(=O)NNC(=O)C2CC(c3ccccc3)NN2)cnn1-c1ccc(F)cc1. The molecule has 2 atom stereocenters. The lowest BCUT2D eigenvalue weighted by molar-refractivity contribution is -0.123. The number of hydrogen-bond donors (Lipinski definition) is 4. The number of nitrogens with zero attached hydrogens (tertiary/aromatic N) is 2. The third-order valence-electron chi connectivity index (χ3n) is 5.24. The van der Waals surface area contributed by atoms with E-state index in [1.807, 2.05) is 37.3 Å². The number of halogens is 1. The van der Waals surface area contributed by atoms with Gasteiger partial charge >= 0.3 is 0 Å². The van der Waals surface area contributed by atoms with Crippen LogP contribution in [0.5, 0.6) is 0 Å². The summed E-state index contributed by atoms with van der Waals surface area (Å²) in [4.78, 5) is 25.1. The molecule has 1 aromatic heterocycles. The molecule has 4 rings (SSSR count). The van der Waals surface area contributed by atoms with Crippen molar-refractivity contribution < 1.29 is 14.0 Å². The smallest absolute Gasteiger partial charge is 0.271 e. The van der Waals surface area contributed by atoms with Crippen molar-refractivity contribution in [2.75, 3.05) is 0 Å². The lowest BCUT2D eigenvalue weighted by atomic mass is 10.0. The first-order chi connectivity index (χ1) is 15.1. The van der Waals surface area contributed by atoms with E-state index >= 15 is 0 Å². The number of carbonyl (C=O) groups excluding carboxylic acids is 2. The molecular formula is C22H23FN6O2. The average Bonchev–Trinajstić information content (AvgIpc) is 3.46. The standard InChI is InChI=1S/C22H23FN6O2/c1-2-20-17(13-24-29(20)16-10-8-15(23)9-11-16)21(30)27-28-22(31)19-12-18(25-26-19)14-6-4-3-5-7-14/h3-11,13,18-19,25-26H,2,12H2,1H3,(H,27,30)(H,28,31). The molecule has 2 amide bonds. The van der Waals surface area contributed by atoms with Gasteiger partial charge in [-0.25, -0.2) is 19.9 Å². The molecule has 9 heteroatoms. The summed E-state index contributed by atoms with van der Waals surface area (Å²) in [7, 11) is 0. The van der Waals surface area contributed by atoms with Crippen LogP contribution in [0.2, 0.25) is 0 Å². The van der Waals surface area contributed by atoms with Gasteiger partial charge in [0.2, 0.25) is 0 Å². The van der Waals surface area contributed by atoms with Crippen LogP contribution in [0.25, 0.3) is 5.69 Å². The third-order valence-corrected chi connectivity index (χ3v) is 5.24. The Bertz CT molecular complexity index is 1070. The quantitative estimate of drug-likeness (QED) is 0.471. The summed E-state index contributed by atoms with van der Waals surface area (Å²) in [6, 6.07) is 15.2. The van der Waals surface area contributed by atoms with Gasteiger partial charge in [0.1, 0.15) is 11.9 Å². The highest BCUT2D eigenvalue weighted by Crippen LogP contribution is 2.21. The summed E-state index contributed by atoms with van der Waals surface area (Å²) in [6.07, 6.45) is 2.51. The molecule has 160 valence electrons. The van der Waals surface area contributed by atoms with E-state index in [9.17, 15) is 14.0 Å². The highest BCUT2D eigenvalue weighted by molar-refractivity contribution is 5.96. The number of nitrogens with one attached hydrogen (secondary N) is 4. The van der Waals surface area contributed by atoms with Crippen LogP contribution in [0.1, 0.15) is 41.0 Å². The Labute approximate surface area is 178 Å². The zero-order valence-corrected chi connectivity index (χ0v) is 16.9. The van der Waals surface area contributed by atoms with Gasteiger partial charge in [-0.1, -0.05) is 37.3 Å². The Hall–Kier alpha value is -3.56. The second kappa shape index (κ2) is 9.07. The fraction of sp³-hybridized carbons (Fsp3) is 0.227. The van der Waals surface area contributed by atoms with Crippen molar-refractivity contribution in [2.24, 2.45) is 0 Å². The molecule has 2 aromatic carbocycles. The molecule has 0 aliphatic carbocycles. The van der Waals surface area contributed by atoms with Crippen LogP contribution in [-0.4, -0.2) is 27.6 Å². The van der Waals surface area contributed by atoms with Crippen LogP contribution in [0, 0.1) is 5.82 Å². The molecule has 0 bridgehead atoms. The zero-order chi connectivity index (χ0) is 21.8. The minimum atomic E-state index is -0.488. The summed E-state index contributed by atoms with van der Waals surface area (Å²) in [6.45, 7) is 1.89. The molecule has 1 saturated heterocycles. The van der Waals surface area contributed by atoms with Crippen LogP contribution in [-0.2, 0) is 11.2 Å². The normalized spacial score (nSPS) is 18.0. The van der Waals surface area contributed by atoms with E-state index in [2.05, 4.69) is 26.8 Å². The summed E-state index contributed by atoms with van der Waals surface area (Å²) < 4.78 is 14.8. The highest BCUT2D eigenvalue weighted by atomic mass is 19.1. The van der Waals surface area contributed by atoms with Gasteiger partial charge < -0.3 is 0 Å². The molecule has 3 aromatic rings. The number of aromatic nitrogens is 2. The molecule has 31 heavy (non-hydrogen) atoms. The number of rotatable bonds is 5. The maximum absolute atomic E-state index is 13.2. The van der Waals surface area contributed by atoms with E-state index < -0.39 is 11.9 Å². The fourth-order valence-electron chi connectivity index (χ4n) is 3.61. The largest absolute Gasteiger partial charge is 0.273 e. The predicted molar refractivity (Wildman–Crippen MR) is 112 cm³/mol. The number of hydrazine groups is 2. The first kappa shape index (κ1) is 20.7. The molecular weight excluding hydrogens is 399 g/mol. The maximum atomic E-state index is 13.2. The fourth-order valence-corrected chi connectivity index (χ4v) is 3.61. The molecule has 8 nitrogen and oxygen atoms in total. The Morgan fingerprint density at radius 1 is 1.10 bits per heavy atom. The Morgan fingerprint density at radius 3 is 2.55 bits per heavy atom. The molecule has 0 spiro atoms. The lowest BCUT2D eigenvalue weighted by Crippen LogP contribution is -2.50. The van der Waals surface area contributed by atoms with Crippen LogP contribution in [0.3, 0.4) is 0 Å². The van der Waals surface area contributed by atoms with Crippen LogP contribution < -0.4 is 21.7 Å². The number of amides is 2. The van der Waals surface area contributed by atoms with E-state index in [4.69, 9.17) is 0 Å². The van der Waals surface area contributed by atoms with Crippen LogP contribution in [0.15, 0.2) is 60.8 Å². The molecule has 2 heterocycles. The minimum Gasteiger partial charge on any atom is -0.271 e. The van der Waals surface area contributed by atoms with Gasteiger partial charge in [-0.3, -0.25) is 20.4 Å². The van der Waals surface area contributed by atoms with Crippen LogP contribution >= 0.6 is 0 Å². The van der Waals surface area contributed by atoms with E-state index in [1.165, 1.54) is 18.3 Å². The van der Waals surface area contributed by atoms with Gasteiger partial charge in [0.25, 0.3) is 11.8 Å². The van der Waals surface area contributed by atoms with E-state index in [1.54, 1.807) is 16.8 Å². The first-order valence-electron chi connectivity index (χ1n) is 10.1. The van der Waals surface area contributed by atoms with E-state index in [0.29, 0.717) is 29.8 Å². The molecule has 1 fully saturated rings. The third kappa shape index (κ3) is 4.47. The van der Waals surface area contributed by atoms with Crippen molar-refractivity contribution in [3.63, 3.8) is 0 Å². The van der Waals surface area contributed by atoms with Gasteiger partial charge in [-0.2, -0.15) is 5.10 Å². The van der Waals surface area contributed by atoms with Crippen molar-refractivity contribution in [1.29, 1.82) is 0 Å². The summed E-state index contributed by atoms with van der Waals surface area (Å²) in [5.41, 5.74) is 13.7. The summed E-state index contributed by atoms with van der Waals surface area (Å²) >= 11 is 0. The maximum Gasteiger partial charge on any atom is 0.273 e. The second-order valence-electron chi connectivity index (χ2n) is 7.23. The van der Waals surface area contributed by atoms with Gasteiger partial charge in [-0.05, 0) is 42.7 Å². The Kier molecular flexibility index (Phi) is 6.06. The van der Waals surface area contributed by atoms with Gasteiger partial charge in [0, 0.05) is 6.04 Å². The molecule has 0 radical (unpaired) electrons. The molecule has 1 aliphatic heterocycles. The highest BCUT2D eigenvalue weighted by Gasteiger charge is 2.30. The monoisotopic (exact) mass is 422 g/mol. The number of hydrogen-bond acceptors (Lipinski definition) is 5. The van der Waals surface area contributed by atoms with Crippen molar-refractivity contribution in [3.05, 3.63) is 83.4 Å². The van der Waals surface area contributed by atoms with Crippen molar-refractivity contribution in [1.82, 2.24) is 31.5 Å². The van der Waals surface area contributed by atoms with Gasteiger partial charge in [-0.15, -0.1) is 0 Å². The average molecular weight is 422 g/mol. The van der Waals surface area contributed by atoms with Crippen molar-refractivity contribution in [3.8, 4) is 5.69 Å². The predicted octanol–water partition coefficient (Wildman–Crippen LogP) is 1.94. The lowest BCUT2D eigenvalue weighted by Gasteiger charge is -2.12. The molecule has 1 aliphatic rings. The summed E-state index contributed by atoms with van der Waals surface area (Å²) in [5, 5.41) is 4.25. The molecule has 4 N–H and O–H groups in total. The second-order valence-corrected chi connectivity index (χ2v) is 7.23. The van der Waals surface area contributed by atoms with Crippen molar-refractivity contribution >= 4 is 11.8 Å². The Balaban J connectivity index is 1.38. The van der Waals surface area contributed by atoms with Crippen molar-refractivity contribution in [2.45, 2.75) is 31.8 Å². The van der Waals surface area contributed by atoms with Crippen LogP contribution in [0.4, 0.5) is 4.39 Å². The van der Waals surface area contributed by atoms with Gasteiger partial charge in [0.05, 0.1) is 23.1 Å². The topological polar surface area (TPSA) is 100 Å². The molecule has 2 unspecified atom stereocenters. The first-order valence-corrected chi connectivity index (χ1v) is 10.1. The molecule has 0 saturated carbocycles. The minimum absolute atomic E-state index is 0.00767. The summed E-state index contributed by atoms with van der Waals surface area (Å²) in [5.74, 6) is -1.16. The van der Waals surface area contributed by atoms with E-state index in [-0.39, 0.29) is 17.8 Å². The Morgan fingerprint density at radius 2 is 1.84 bits per heavy atom. The zero-order valence-electron chi connectivity index (χ0n) is 16.9. The van der Waals surface area contributed by atoms with Gasteiger partial charge in [0.15, 0.2) is 0 Å². The van der Waals surface area contributed by atoms with E-state index in [0.717, 1.165) is 5.56 Å².